The zero-order valence-corrected chi connectivity index (χ0v) is 8.13. The Labute approximate surface area is 83.4 Å². The van der Waals surface area contributed by atoms with Gasteiger partial charge in [0.05, 0.1) is 12.1 Å². The minimum absolute atomic E-state index is 0.149. The third-order valence-corrected chi connectivity index (χ3v) is 1.95. The Morgan fingerprint density at radius 2 is 2.36 bits per heavy atom. The molecule has 1 aromatic rings. The van der Waals surface area contributed by atoms with Crippen molar-refractivity contribution < 1.29 is 4.39 Å². The van der Waals surface area contributed by atoms with Crippen LogP contribution in [0, 0.1) is 17.1 Å². The molecule has 1 N–H and O–H groups in total. The molecule has 1 unspecified atom stereocenters. The maximum atomic E-state index is 12.7. The number of benzene rings is 1. The third-order valence-electron chi connectivity index (χ3n) is 1.95. The van der Waals surface area contributed by atoms with Gasteiger partial charge in [-0.1, -0.05) is 12.1 Å². The lowest BCUT2D eigenvalue weighted by Crippen LogP contribution is -2.26. The van der Waals surface area contributed by atoms with Gasteiger partial charge in [-0.05, 0) is 31.0 Å². The van der Waals surface area contributed by atoms with Gasteiger partial charge in [-0.3, -0.25) is 0 Å². The Kier molecular flexibility index (Phi) is 4.09. The predicted molar refractivity (Wildman–Crippen MR) is 53.2 cm³/mol. The molecule has 1 rings (SSSR count). The lowest BCUT2D eigenvalue weighted by atomic mass is 10.1. The van der Waals surface area contributed by atoms with Gasteiger partial charge in [0.2, 0.25) is 0 Å². The first-order chi connectivity index (χ1) is 6.72. The maximum Gasteiger partial charge on any atom is 0.123 e. The van der Waals surface area contributed by atoms with Gasteiger partial charge < -0.3 is 5.32 Å². The van der Waals surface area contributed by atoms with Crippen LogP contribution in [-0.4, -0.2) is 12.6 Å². The van der Waals surface area contributed by atoms with Crippen molar-refractivity contribution in [2.75, 3.05) is 6.54 Å². The van der Waals surface area contributed by atoms with Crippen molar-refractivity contribution in [1.82, 2.24) is 5.32 Å². The second kappa shape index (κ2) is 5.36. The van der Waals surface area contributed by atoms with Crippen molar-refractivity contribution in [1.29, 1.82) is 5.26 Å². The van der Waals surface area contributed by atoms with Gasteiger partial charge in [-0.25, -0.2) is 4.39 Å². The van der Waals surface area contributed by atoms with E-state index in [1.54, 1.807) is 13.0 Å². The molecule has 0 amide bonds. The van der Waals surface area contributed by atoms with Crippen molar-refractivity contribution in [2.24, 2.45) is 0 Å². The number of hydrogen-bond donors (Lipinski definition) is 1. The number of nitrogens with one attached hydrogen (secondary N) is 1. The lowest BCUT2D eigenvalue weighted by molar-refractivity contribution is 0.618. The molecular weight excluding hydrogens is 179 g/mol. The summed E-state index contributed by atoms with van der Waals surface area (Å²) in [5.74, 6) is -0.212. The first-order valence-electron chi connectivity index (χ1n) is 4.60. The molecule has 0 aliphatic rings. The topological polar surface area (TPSA) is 35.8 Å². The normalized spacial score (nSPS) is 12.1. The van der Waals surface area contributed by atoms with Crippen LogP contribution in [0.1, 0.15) is 12.5 Å². The molecule has 0 bridgehead atoms. The molecule has 3 heteroatoms. The molecule has 0 spiro atoms. The largest absolute Gasteiger partial charge is 0.302 e. The molecule has 0 fully saturated rings. The van der Waals surface area contributed by atoms with Gasteiger partial charge in [0.15, 0.2) is 0 Å². The van der Waals surface area contributed by atoms with E-state index in [1.807, 2.05) is 6.07 Å². The maximum absolute atomic E-state index is 12.7. The van der Waals surface area contributed by atoms with Crippen LogP contribution in [-0.2, 0) is 6.42 Å². The molecule has 2 nitrogen and oxygen atoms in total. The fourth-order valence-electron chi connectivity index (χ4n) is 1.17. The average molecular weight is 192 g/mol. The Balaban J connectivity index is 2.36. The van der Waals surface area contributed by atoms with E-state index < -0.39 is 0 Å². The Bertz CT molecular complexity index is 330. The highest BCUT2D eigenvalue weighted by Crippen LogP contribution is 2.03. The van der Waals surface area contributed by atoms with Gasteiger partial charge in [-0.2, -0.15) is 5.26 Å². The summed E-state index contributed by atoms with van der Waals surface area (Å²) in [6.45, 7) is 2.49. The molecule has 0 saturated heterocycles. The molecular formula is C11H13FN2. The van der Waals surface area contributed by atoms with Crippen molar-refractivity contribution >= 4 is 0 Å². The van der Waals surface area contributed by atoms with Crippen molar-refractivity contribution in [3.63, 3.8) is 0 Å². The molecule has 74 valence electrons. The van der Waals surface area contributed by atoms with Gasteiger partial charge in [-0.15, -0.1) is 0 Å². The monoisotopic (exact) mass is 192 g/mol. The summed E-state index contributed by atoms with van der Waals surface area (Å²) < 4.78 is 12.7. The Morgan fingerprint density at radius 1 is 1.57 bits per heavy atom. The van der Waals surface area contributed by atoms with E-state index in [0.29, 0.717) is 6.54 Å². The first-order valence-corrected chi connectivity index (χ1v) is 4.60. The van der Waals surface area contributed by atoms with Gasteiger partial charge in [0.25, 0.3) is 0 Å². The zero-order chi connectivity index (χ0) is 10.4. The van der Waals surface area contributed by atoms with E-state index in [0.717, 1.165) is 12.0 Å². The number of nitrogens with zero attached hydrogens (tertiary/aromatic N) is 1. The van der Waals surface area contributed by atoms with E-state index in [9.17, 15) is 4.39 Å². The van der Waals surface area contributed by atoms with E-state index in [2.05, 4.69) is 11.4 Å². The van der Waals surface area contributed by atoms with Crippen LogP contribution in [0.5, 0.6) is 0 Å². The van der Waals surface area contributed by atoms with Gasteiger partial charge >= 0.3 is 0 Å². The SMILES string of the molecule is CC(C#N)NCCc1cccc(F)c1. The summed E-state index contributed by atoms with van der Waals surface area (Å²) in [5, 5.41) is 11.5. The van der Waals surface area contributed by atoms with Crippen LogP contribution in [0.25, 0.3) is 0 Å². The van der Waals surface area contributed by atoms with Crippen molar-refractivity contribution in [3.8, 4) is 6.07 Å². The van der Waals surface area contributed by atoms with Gasteiger partial charge in [0.1, 0.15) is 5.82 Å². The van der Waals surface area contributed by atoms with E-state index in [4.69, 9.17) is 5.26 Å². The summed E-state index contributed by atoms with van der Waals surface area (Å²) in [7, 11) is 0. The molecule has 0 aliphatic carbocycles. The Morgan fingerprint density at radius 3 is 3.00 bits per heavy atom. The molecule has 14 heavy (non-hydrogen) atoms. The molecule has 0 aliphatic heterocycles. The highest BCUT2D eigenvalue weighted by molar-refractivity contribution is 5.16. The molecule has 1 atom stereocenters. The average Bonchev–Trinajstić information content (AvgIpc) is 2.17. The summed E-state index contributed by atoms with van der Waals surface area (Å²) in [4.78, 5) is 0. The minimum atomic E-state index is -0.212. The van der Waals surface area contributed by atoms with Crippen LogP contribution in [0.15, 0.2) is 24.3 Å². The Hall–Kier alpha value is -1.40. The van der Waals surface area contributed by atoms with Gasteiger partial charge in [0, 0.05) is 6.54 Å². The summed E-state index contributed by atoms with van der Waals surface area (Å²) in [5.41, 5.74) is 0.947. The van der Waals surface area contributed by atoms with E-state index >= 15 is 0 Å². The van der Waals surface area contributed by atoms with Crippen molar-refractivity contribution in [2.45, 2.75) is 19.4 Å². The first kappa shape index (κ1) is 10.7. The highest BCUT2D eigenvalue weighted by atomic mass is 19.1. The fourth-order valence-corrected chi connectivity index (χ4v) is 1.17. The van der Waals surface area contributed by atoms with Crippen LogP contribution in [0.3, 0.4) is 0 Å². The van der Waals surface area contributed by atoms with Crippen LogP contribution in [0.4, 0.5) is 4.39 Å². The van der Waals surface area contributed by atoms with E-state index in [1.165, 1.54) is 12.1 Å². The highest BCUT2D eigenvalue weighted by Gasteiger charge is 1.98. The number of nitriles is 1. The third kappa shape index (κ3) is 3.55. The quantitative estimate of drug-likeness (QED) is 0.790. The lowest BCUT2D eigenvalue weighted by Gasteiger charge is -2.05. The molecule has 0 aromatic heterocycles. The summed E-state index contributed by atoms with van der Waals surface area (Å²) in [6.07, 6.45) is 0.740. The number of hydrogen-bond acceptors (Lipinski definition) is 2. The summed E-state index contributed by atoms with van der Waals surface area (Å²) in [6, 6.07) is 8.44. The number of rotatable bonds is 4. The van der Waals surface area contributed by atoms with Crippen LogP contribution in [0.2, 0.25) is 0 Å². The fraction of sp³-hybridized carbons (Fsp3) is 0.364. The van der Waals surface area contributed by atoms with Crippen molar-refractivity contribution in [3.05, 3.63) is 35.6 Å². The standard InChI is InChI=1S/C11H13FN2/c1-9(8-13)14-6-5-10-3-2-4-11(12)7-10/h2-4,7,9,14H,5-6H2,1H3. The zero-order valence-electron chi connectivity index (χ0n) is 8.13. The summed E-state index contributed by atoms with van der Waals surface area (Å²) >= 11 is 0. The molecule has 0 saturated carbocycles. The second-order valence-corrected chi connectivity index (χ2v) is 3.18. The minimum Gasteiger partial charge on any atom is -0.302 e. The smallest absolute Gasteiger partial charge is 0.123 e. The van der Waals surface area contributed by atoms with E-state index in [-0.39, 0.29) is 11.9 Å². The molecule has 0 heterocycles. The molecule has 1 aromatic carbocycles. The predicted octanol–water partition coefficient (Wildman–Crippen LogP) is 1.87. The molecule has 0 radical (unpaired) electrons. The van der Waals surface area contributed by atoms with Crippen LogP contribution < -0.4 is 5.32 Å². The second-order valence-electron chi connectivity index (χ2n) is 3.18. The van der Waals surface area contributed by atoms with Crippen LogP contribution >= 0.6 is 0 Å². The number of halogens is 1.